The van der Waals surface area contributed by atoms with E-state index < -0.39 is 39.1 Å². The summed E-state index contributed by atoms with van der Waals surface area (Å²) in [5, 5.41) is 4.32. The maximum absolute atomic E-state index is 14.6. The number of nitrogens with zero attached hydrogens (tertiary/aromatic N) is 3. The van der Waals surface area contributed by atoms with Gasteiger partial charge in [-0.1, -0.05) is 6.92 Å². The van der Waals surface area contributed by atoms with E-state index in [0.29, 0.717) is 16.8 Å². The number of carbonyl (C=O) groups excluding carboxylic acids is 1. The minimum absolute atomic E-state index is 0.00457. The number of hydrogen-bond acceptors (Lipinski definition) is 6. The Kier molecular flexibility index (Phi) is 5.93. The lowest BCUT2D eigenvalue weighted by Crippen LogP contribution is -2.23. The number of anilines is 3. The molecule has 0 aliphatic carbocycles. The van der Waals surface area contributed by atoms with Crippen LogP contribution in [0.2, 0.25) is 0 Å². The molecule has 2 amide bonds. The second-order valence-electron chi connectivity index (χ2n) is 5.73. The predicted molar refractivity (Wildman–Crippen MR) is 106 cm³/mol. The maximum atomic E-state index is 14.6. The van der Waals surface area contributed by atoms with Crippen LogP contribution in [0.25, 0.3) is 11.2 Å². The Labute approximate surface area is 171 Å². The first kappa shape index (κ1) is 20.9. The van der Waals surface area contributed by atoms with Gasteiger partial charge in [-0.15, -0.1) is 0 Å². The van der Waals surface area contributed by atoms with Gasteiger partial charge in [0.05, 0.1) is 11.4 Å². The molecule has 0 unspecified atom stereocenters. The summed E-state index contributed by atoms with van der Waals surface area (Å²) in [6.07, 6.45) is 1.47. The molecule has 14 heteroatoms. The molecule has 0 saturated heterocycles. The van der Waals surface area contributed by atoms with Crippen LogP contribution in [0.15, 0.2) is 23.2 Å². The lowest BCUT2D eigenvalue weighted by Gasteiger charge is -2.13. The van der Waals surface area contributed by atoms with Crippen LogP contribution >= 0.6 is 15.9 Å². The molecule has 10 nitrogen and oxygen atoms in total. The molecule has 0 spiro atoms. The van der Waals surface area contributed by atoms with E-state index in [1.165, 1.54) is 0 Å². The zero-order valence-electron chi connectivity index (χ0n) is 14.8. The van der Waals surface area contributed by atoms with Crippen molar-refractivity contribution in [2.24, 2.45) is 0 Å². The van der Waals surface area contributed by atoms with Crippen LogP contribution in [-0.2, 0) is 10.0 Å². The van der Waals surface area contributed by atoms with Crippen molar-refractivity contribution in [2.75, 3.05) is 21.1 Å². The van der Waals surface area contributed by atoms with Gasteiger partial charge in [-0.3, -0.25) is 10.0 Å². The lowest BCUT2D eigenvalue weighted by molar-refractivity contribution is 0.262. The molecule has 0 radical (unpaired) electrons. The fraction of sp³-hybridized carbons (Fsp3) is 0.200. The predicted octanol–water partition coefficient (Wildman–Crippen LogP) is 3.19. The Morgan fingerprint density at radius 3 is 2.72 bits per heavy atom. The van der Waals surface area contributed by atoms with Crippen molar-refractivity contribution in [3.05, 3.63) is 34.8 Å². The molecule has 0 aliphatic rings. The first-order valence-electron chi connectivity index (χ1n) is 8.13. The van der Waals surface area contributed by atoms with Gasteiger partial charge < -0.3 is 10.3 Å². The van der Waals surface area contributed by atoms with E-state index >= 15 is 0 Å². The minimum Gasteiger partial charge on any atom is -0.317 e. The normalized spacial score (nSPS) is 11.4. The molecule has 0 fully saturated rings. The van der Waals surface area contributed by atoms with E-state index in [0.717, 1.165) is 18.5 Å². The molecule has 154 valence electrons. The summed E-state index contributed by atoms with van der Waals surface area (Å²) < 4.78 is 54.7. The number of H-pyrrole nitrogens is 1. The van der Waals surface area contributed by atoms with Gasteiger partial charge in [-0.05, 0) is 34.5 Å². The van der Waals surface area contributed by atoms with Crippen LogP contribution in [0.5, 0.6) is 0 Å². The average Bonchev–Trinajstić information content (AvgIpc) is 3.02. The Morgan fingerprint density at radius 1 is 1.24 bits per heavy atom. The molecule has 0 saturated carbocycles. The zero-order chi connectivity index (χ0) is 21.2. The second-order valence-corrected chi connectivity index (χ2v) is 8.32. The standard InChI is InChI=1S/C15H14BrF2N7O3S/c1-2-5-29(27,28)25-8-4-3-7(17)10(9(8)18)22-15(26)24-13-11-12(19-6-20-13)23-14(16)21-11/h3-4,6,25H,2,5H2,1H3,(H3,19,20,21,22,23,24,26). The van der Waals surface area contributed by atoms with Crippen LogP contribution in [0.3, 0.4) is 0 Å². The summed E-state index contributed by atoms with van der Waals surface area (Å²) in [5.74, 6) is -2.60. The Balaban J connectivity index is 1.83. The second kappa shape index (κ2) is 8.24. The lowest BCUT2D eigenvalue weighted by atomic mass is 10.2. The highest BCUT2D eigenvalue weighted by molar-refractivity contribution is 9.10. The van der Waals surface area contributed by atoms with Gasteiger partial charge in [0.1, 0.15) is 17.8 Å². The average molecular weight is 490 g/mol. The smallest absolute Gasteiger partial charge is 0.317 e. The van der Waals surface area contributed by atoms with Crippen LogP contribution in [0.1, 0.15) is 13.3 Å². The number of nitrogens with one attached hydrogen (secondary N) is 4. The quantitative estimate of drug-likeness (QED) is 0.391. The SMILES string of the molecule is CCCS(=O)(=O)Nc1ccc(F)c(NC(=O)Nc2ncnc3[nH]c(Br)nc23)c1F. The van der Waals surface area contributed by atoms with E-state index in [1.807, 2.05) is 10.0 Å². The summed E-state index contributed by atoms with van der Waals surface area (Å²) in [6, 6.07) is 0.738. The van der Waals surface area contributed by atoms with Gasteiger partial charge in [0.2, 0.25) is 10.0 Å². The number of halogens is 3. The van der Waals surface area contributed by atoms with Gasteiger partial charge in [-0.2, -0.15) is 0 Å². The molecular weight excluding hydrogens is 476 g/mol. The summed E-state index contributed by atoms with van der Waals surface area (Å²) in [6.45, 7) is 1.64. The summed E-state index contributed by atoms with van der Waals surface area (Å²) >= 11 is 3.12. The fourth-order valence-corrected chi connectivity index (χ4v) is 3.87. The minimum atomic E-state index is -3.81. The number of imidazole rings is 1. The van der Waals surface area contributed by atoms with Crippen molar-refractivity contribution in [3.8, 4) is 0 Å². The fourth-order valence-electron chi connectivity index (χ4n) is 2.38. The highest BCUT2D eigenvalue weighted by atomic mass is 79.9. The largest absolute Gasteiger partial charge is 0.325 e. The molecule has 4 N–H and O–H groups in total. The number of urea groups is 1. The number of amides is 2. The maximum Gasteiger partial charge on any atom is 0.325 e. The number of fused-ring (bicyclic) bond motifs is 1. The van der Waals surface area contributed by atoms with Crippen LogP contribution in [0, 0.1) is 11.6 Å². The van der Waals surface area contributed by atoms with Gasteiger partial charge in [0.15, 0.2) is 27.5 Å². The molecule has 0 atom stereocenters. The molecule has 1 aromatic carbocycles. The number of carbonyl (C=O) groups is 1. The Morgan fingerprint density at radius 2 is 2.00 bits per heavy atom. The highest BCUT2D eigenvalue weighted by Crippen LogP contribution is 2.27. The van der Waals surface area contributed by atoms with E-state index in [-0.39, 0.29) is 17.1 Å². The van der Waals surface area contributed by atoms with Crippen LogP contribution in [-0.4, -0.2) is 40.1 Å². The molecule has 3 rings (SSSR count). The van der Waals surface area contributed by atoms with Crippen LogP contribution < -0.4 is 15.4 Å². The number of benzene rings is 1. The molecular formula is C15H14BrF2N7O3S. The van der Waals surface area contributed by atoms with Crippen molar-refractivity contribution in [2.45, 2.75) is 13.3 Å². The van der Waals surface area contributed by atoms with Gasteiger partial charge in [0.25, 0.3) is 0 Å². The monoisotopic (exact) mass is 489 g/mol. The topological polar surface area (TPSA) is 142 Å². The Bertz CT molecular complexity index is 1190. The molecule has 0 bridgehead atoms. The number of hydrogen-bond donors (Lipinski definition) is 4. The molecule has 2 heterocycles. The zero-order valence-corrected chi connectivity index (χ0v) is 17.2. The van der Waals surface area contributed by atoms with Crippen molar-refractivity contribution >= 4 is 60.3 Å². The van der Waals surface area contributed by atoms with Crippen molar-refractivity contribution in [3.63, 3.8) is 0 Å². The first-order chi connectivity index (χ1) is 13.7. The van der Waals surface area contributed by atoms with E-state index in [4.69, 9.17) is 0 Å². The number of sulfonamides is 1. The molecule has 2 aromatic heterocycles. The van der Waals surface area contributed by atoms with Gasteiger partial charge >= 0.3 is 6.03 Å². The number of rotatable bonds is 6. The summed E-state index contributed by atoms with van der Waals surface area (Å²) in [4.78, 5) is 26.9. The third-order valence-corrected chi connectivity index (χ3v) is 5.41. The first-order valence-corrected chi connectivity index (χ1v) is 10.6. The van der Waals surface area contributed by atoms with E-state index in [1.54, 1.807) is 6.92 Å². The molecule has 0 aliphatic heterocycles. The number of aromatic amines is 1. The highest BCUT2D eigenvalue weighted by Gasteiger charge is 2.20. The van der Waals surface area contributed by atoms with Crippen molar-refractivity contribution < 1.29 is 22.0 Å². The van der Waals surface area contributed by atoms with Gasteiger partial charge in [-0.25, -0.2) is 36.9 Å². The van der Waals surface area contributed by atoms with Crippen LogP contribution in [0.4, 0.5) is 30.8 Å². The molecule has 3 aromatic rings. The van der Waals surface area contributed by atoms with E-state index in [9.17, 15) is 22.0 Å². The van der Waals surface area contributed by atoms with E-state index in [2.05, 4.69) is 41.2 Å². The Hall–Kier alpha value is -2.87. The van der Waals surface area contributed by atoms with Crippen molar-refractivity contribution in [1.29, 1.82) is 0 Å². The summed E-state index contributed by atoms with van der Waals surface area (Å²) in [5.41, 5.74) is -0.771. The number of aromatic nitrogens is 4. The van der Waals surface area contributed by atoms with Gasteiger partial charge in [0, 0.05) is 0 Å². The third-order valence-electron chi connectivity index (χ3n) is 3.55. The molecule has 29 heavy (non-hydrogen) atoms. The third kappa shape index (κ3) is 4.76. The van der Waals surface area contributed by atoms with Crippen molar-refractivity contribution in [1.82, 2.24) is 19.9 Å². The summed E-state index contributed by atoms with van der Waals surface area (Å²) in [7, 11) is -3.81.